The molecule has 0 aliphatic rings. The third-order valence-corrected chi connectivity index (χ3v) is 3.44. The molecule has 0 saturated carbocycles. The molecule has 0 fully saturated rings. The fourth-order valence-electron chi connectivity index (χ4n) is 1.87. The molecule has 0 saturated heterocycles. The van der Waals surface area contributed by atoms with Gasteiger partial charge in [-0.25, -0.2) is 4.98 Å². The zero-order chi connectivity index (χ0) is 15.6. The first-order valence-electron chi connectivity index (χ1n) is 6.38. The van der Waals surface area contributed by atoms with E-state index in [1.54, 1.807) is 24.9 Å². The van der Waals surface area contributed by atoms with Gasteiger partial charge in [-0.3, -0.25) is 14.6 Å². The van der Waals surface area contributed by atoms with Crippen molar-refractivity contribution in [1.29, 1.82) is 0 Å². The second kappa shape index (κ2) is 6.09. The molecular weight excluding hydrogens is 292 g/mol. The van der Waals surface area contributed by atoms with Crippen LogP contribution in [0.1, 0.15) is 22.9 Å². The summed E-state index contributed by atoms with van der Waals surface area (Å²) in [5.41, 5.74) is 1.52. The summed E-state index contributed by atoms with van der Waals surface area (Å²) in [7, 11) is 3.45. The number of aromatic nitrogens is 5. The van der Waals surface area contributed by atoms with Gasteiger partial charge < -0.3 is 4.90 Å². The lowest BCUT2D eigenvalue weighted by Gasteiger charge is -2.12. The monoisotopic (exact) mass is 308 g/mol. The molecule has 0 aromatic carbocycles. The number of nitrogens with one attached hydrogen (secondary N) is 1. The molecule has 21 heavy (non-hydrogen) atoms. The summed E-state index contributed by atoms with van der Waals surface area (Å²) < 4.78 is 1.57. The number of aryl methyl sites for hydroxylation is 3. The van der Waals surface area contributed by atoms with Crippen molar-refractivity contribution >= 4 is 23.6 Å². The Labute approximate surface area is 127 Å². The van der Waals surface area contributed by atoms with Gasteiger partial charge in [-0.1, -0.05) is 11.6 Å². The molecule has 0 radical (unpaired) electrons. The number of amides is 1. The van der Waals surface area contributed by atoms with Gasteiger partial charge in [0.25, 0.3) is 0 Å². The number of halogens is 1. The lowest BCUT2D eigenvalue weighted by molar-refractivity contribution is -0.125. The van der Waals surface area contributed by atoms with Crippen molar-refractivity contribution in [2.45, 2.75) is 20.4 Å². The largest absolute Gasteiger partial charge is 0.335 e. The molecule has 2 heterocycles. The summed E-state index contributed by atoms with van der Waals surface area (Å²) in [5.74, 6) is 1.14. The number of carbonyl (C=O) groups excluding carboxylic acids is 1. The molecule has 7 nitrogen and oxygen atoms in total. The summed E-state index contributed by atoms with van der Waals surface area (Å²) >= 11 is 6.11. The Hall–Kier alpha value is -2.15. The highest BCUT2D eigenvalue weighted by Gasteiger charge is 2.11. The van der Waals surface area contributed by atoms with E-state index < -0.39 is 0 Å². The van der Waals surface area contributed by atoms with Crippen molar-refractivity contribution in [3.05, 3.63) is 34.1 Å². The van der Waals surface area contributed by atoms with Crippen molar-refractivity contribution in [3.63, 3.8) is 0 Å². The third-order valence-electron chi connectivity index (χ3n) is 2.99. The van der Waals surface area contributed by atoms with Gasteiger partial charge in [0.2, 0.25) is 5.91 Å². The highest BCUT2D eigenvalue weighted by molar-refractivity contribution is 6.31. The van der Waals surface area contributed by atoms with Crippen LogP contribution in [0, 0.1) is 13.8 Å². The van der Waals surface area contributed by atoms with E-state index in [0.717, 1.165) is 17.1 Å². The smallest absolute Gasteiger partial charge is 0.246 e. The maximum absolute atomic E-state index is 12.1. The van der Waals surface area contributed by atoms with Crippen LogP contribution in [0.5, 0.6) is 0 Å². The molecule has 0 aliphatic carbocycles. The molecule has 0 unspecified atom stereocenters. The first-order chi connectivity index (χ1) is 9.88. The lowest BCUT2D eigenvalue weighted by Crippen LogP contribution is -2.24. The van der Waals surface area contributed by atoms with E-state index in [1.807, 2.05) is 13.8 Å². The highest BCUT2D eigenvalue weighted by atomic mass is 35.5. The molecule has 0 atom stereocenters. The molecule has 0 aliphatic heterocycles. The van der Waals surface area contributed by atoms with E-state index >= 15 is 0 Å². The number of likely N-dealkylation sites (N-methyl/N-ethyl adjacent to an activating group) is 1. The number of H-pyrrole nitrogens is 1. The summed E-state index contributed by atoms with van der Waals surface area (Å²) in [6.07, 6.45) is 3.14. The highest BCUT2D eigenvalue weighted by Crippen LogP contribution is 2.20. The van der Waals surface area contributed by atoms with Crippen LogP contribution in [-0.4, -0.2) is 42.8 Å². The van der Waals surface area contributed by atoms with Crippen LogP contribution < -0.4 is 0 Å². The molecule has 2 rings (SSSR count). The Morgan fingerprint density at radius 3 is 2.71 bits per heavy atom. The van der Waals surface area contributed by atoms with Gasteiger partial charge in [0.15, 0.2) is 5.82 Å². The normalized spacial score (nSPS) is 11.3. The summed E-state index contributed by atoms with van der Waals surface area (Å²) in [4.78, 5) is 17.8. The number of carbonyl (C=O) groups is 1. The number of hydrogen-bond acceptors (Lipinski definition) is 4. The maximum Gasteiger partial charge on any atom is 0.246 e. The van der Waals surface area contributed by atoms with Crippen molar-refractivity contribution in [2.24, 2.45) is 7.05 Å². The second-order valence-electron chi connectivity index (χ2n) is 4.78. The van der Waals surface area contributed by atoms with Gasteiger partial charge in [0.1, 0.15) is 11.0 Å². The predicted octanol–water partition coefficient (Wildman–Crippen LogP) is 1.48. The van der Waals surface area contributed by atoms with Gasteiger partial charge in [0, 0.05) is 25.7 Å². The van der Waals surface area contributed by atoms with Gasteiger partial charge in [-0.15, -0.1) is 0 Å². The van der Waals surface area contributed by atoms with Crippen LogP contribution in [0.3, 0.4) is 0 Å². The fourth-order valence-corrected chi connectivity index (χ4v) is 2.10. The molecule has 8 heteroatoms. The topological polar surface area (TPSA) is 79.7 Å². The van der Waals surface area contributed by atoms with Crippen LogP contribution in [0.2, 0.25) is 5.15 Å². The van der Waals surface area contributed by atoms with Crippen molar-refractivity contribution in [2.75, 3.05) is 7.05 Å². The molecular formula is C13H17ClN6O. The Bertz CT molecular complexity index is 687. The maximum atomic E-state index is 12.1. The average Bonchev–Trinajstić information content (AvgIpc) is 2.92. The van der Waals surface area contributed by atoms with Crippen molar-refractivity contribution < 1.29 is 4.79 Å². The Morgan fingerprint density at radius 2 is 2.19 bits per heavy atom. The SMILES string of the molecule is Cc1nc(CN(C)C(=O)C=Cc2c(C)nn(C)c2Cl)n[nH]1. The minimum atomic E-state index is -0.156. The molecule has 0 bridgehead atoms. The number of nitrogens with zero attached hydrogens (tertiary/aromatic N) is 5. The first-order valence-corrected chi connectivity index (χ1v) is 6.76. The molecule has 112 valence electrons. The van der Waals surface area contributed by atoms with Crippen LogP contribution in [-0.2, 0) is 18.4 Å². The fraction of sp³-hybridized carbons (Fsp3) is 0.385. The Morgan fingerprint density at radius 1 is 1.48 bits per heavy atom. The van der Waals surface area contributed by atoms with Crippen LogP contribution >= 0.6 is 11.6 Å². The van der Waals surface area contributed by atoms with Crippen LogP contribution in [0.4, 0.5) is 0 Å². The van der Waals surface area contributed by atoms with E-state index in [9.17, 15) is 4.79 Å². The second-order valence-corrected chi connectivity index (χ2v) is 5.14. The standard InChI is InChI=1S/C13H17ClN6O/c1-8-10(13(14)20(4)18-8)5-6-12(21)19(3)7-11-15-9(2)16-17-11/h5-6H,7H2,1-4H3,(H,15,16,17). The van der Waals surface area contributed by atoms with Gasteiger partial charge >= 0.3 is 0 Å². The van der Waals surface area contributed by atoms with Crippen molar-refractivity contribution in [1.82, 2.24) is 29.9 Å². The molecule has 1 amide bonds. The van der Waals surface area contributed by atoms with Crippen LogP contribution in [0.15, 0.2) is 6.08 Å². The Kier molecular flexibility index (Phi) is 4.42. The van der Waals surface area contributed by atoms with Gasteiger partial charge in [-0.2, -0.15) is 10.2 Å². The van der Waals surface area contributed by atoms with Crippen LogP contribution in [0.25, 0.3) is 6.08 Å². The van der Waals surface area contributed by atoms with E-state index in [1.165, 1.54) is 11.0 Å². The van der Waals surface area contributed by atoms with E-state index in [-0.39, 0.29) is 5.91 Å². The van der Waals surface area contributed by atoms with Gasteiger partial charge in [-0.05, 0) is 19.9 Å². The summed E-state index contributed by atoms with van der Waals surface area (Å²) in [5, 5.41) is 11.4. The predicted molar refractivity (Wildman–Crippen MR) is 79.6 cm³/mol. The molecule has 1 N–H and O–H groups in total. The number of hydrogen-bond donors (Lipinski definition) is 1. The minimum absolute atomic E-state index is 0.156. The lowest BCUT2D eigenvalue weighted by atomic mass is 10.2. The molecule has 0 spiro atoms. The third kappa shape index (κ3) is 3.49. The van der Waals surface area contributed by atoms with E-state index in [2.05, 4.69) is 20.3 Å². The number of aromatic amines is 1. The van der Waals surface area contributed by atoms with Crippen molar-refractivity contribution in [3.8, 4) is 0 Å². The molecule has 2 aromatic heterocycles. The van der Waals surface area contributed by atoms with E-state index in [0.29, 0.717) is 17.5 Å². The average molecular weight is 309 g/mol. The zero-order valence-corrected chi connectivity index (χ0v) is 13.1. The zero-order valence-electron chi connectivity index (χ0n) is 12.4. The number of rotatable bonds is 4. The van der Waals surface area contributed by atoms with Gasteiger partial charge in [0.05, 0.1) is 12.2 Å². The molecule has 2 aromatic rings. The minimum Gasteiger partial charge on any atom is -0.335 e. The summed E-state index contributed by atoms with van der Waals surface area (Å²) in [6, 6.07) is 0. The first kappa shape index (κ1) is 15.2. The Balaban J connectivity index is 2.04. The quantitative estimate of drug-likeness (QED) is 0.868. The van der Waals surface area contributed by atoms with E-state index in [4.69, 9.17) is 11.6 Å². The summed E-state index contributed by atoms with van der Waals surface area (Å²) in [6.45, 7) is 3.99.